The molecule has 0 N–H and O–H groups in total. The summed E-state index contributed by atoms with van der Waals surface area (Å²) in [7, 11) is 3.99. The highest BCUT2D eigenvalue weighted by molar-refractivity contribution is 7.11. The van der Waals surface area contributed by atoms with E-state index in [4.69, 9.17) is 21.3 Å². The van der Waals surface area contributed by atoms with Crippen molar-refractivity contribution in [2.75, 3.05) is 19.1 Å². The van der Waals surface area contributed by atoms with E-state index in [9.17, 15) is 0 Å². The Morgan fingerprint density at radius 2 is 1.48 bits per heavy atom. The van der Waals surface area contributed by atoms with E-state index in [1.165, 1.54) is 11.3 Å². The van der Waals surface area contributed by atoms with Gasteiger partial charge < -0.3 is 9.75 Å². The minimum atomic E-state index is 0.676. The number of benzene rings is 3. The number of hydrogen-bond donors (Lipinski definition) is 0. The van der Waals surface area contributed by atoms with Crippen LogP contribution in [0.25, 0.3) is 11.3 Å². The van der Waals surface area contributed by atoms with Crippen LogP contribution in [0, 0.1) is 0 Å². The summed E-state index contributed by atoms with van der Waals surface area (Å²) in [6, 6.07) is 27.5. The third-order valence-corrected chi connectivity index (χ3v) is 5.38. The lowest BCUT2D eigenvalue weighted by Gasteiger charge is -2.18. The second-order valence-electron chi connectivity index (χ2n) is 6.55. The minimum absolute atomic E-state index is 0.676. The molecule has 0 fully saturated rings. The van der Waals surface area contributed by atoms with E-state index in [0.717, 1.165) is 32.6 Å². The van der Waals surface area contributed by atoms with Gasteiger partial charge >= 0.3 is 0 Å². The van der Waals surface area contributed by atoms with Gasteiger partial charge in [-0.15, -0.1) is 0 Å². The molecule has 0 aliphatic rings. The van der Waals surface area contributed by atoms with Crippen LogP contribution < -0.4 is 14.5 Å². The van der Waals surface area contributed by atoms with Crippen LogP contribution in [0.15, 0.2) is 89.9 Å². The normalized spacial score (nSPS) is 11.5. The molecular weight excluding hydrogens is 402 g/mol. The van der Waals surface area contributed by atoms with Gasteiger partial charge in [-0.1, -0.05) is 71.5 Å². The van der Waals surface area contributed by atoms with Crippen molar-refractivity contribution in [2.45, 2.75) is 0 Å². The number of thiazole rings is 1. The van der Waals surface area contributed by atoms with E-state index in [1.807, 2.05) is 91.9 Å². The molecule has 146 valence electrons. The summed E-state index contributed by atoms with van der Waals surface area (Å²) in [6.07, 6.45) is 0. The van der Waals surface area contributed by atoms with Crippen LogP contribution in [-0.4, -0.2) is 18.8 Å². The fraction of sp³-hybridized carbons (Fsp3) is 0.0870. The van der Waals surface area contributed by atoms with Crippen molar-refractivity contribution in [3.05, 3.63) is 94.8 Å². The van der Waals surface area contributed by atoms with Gasteiger partial charge in [0.1, 0.15) is 11.4 Å². The van der Waals surface area contributed by atoms with E-state index in [-0.39, 0.29) is 0 Å². The highest BCUT2D eigenvalue weighted by Crippen LogP contribution is 2.36. The van der Waals surface area contributed by atoms with Crippen LogP contribution >= 0.6 is 22.9 Å². The summed E-state index contributed by atoms with van der Waals surface area (Å²) >= 11 is 7.53. The van der Waals surface area contributed by atoms with E-state index < -0.39 is 0 Å². The third kappa shape index (κ3) is 4.36. The van der Waals surface area contributed by atoms with E-state index in [0.29, 0.717) is 5.02 Å². The Morgan fingerprint density at radius 3 is 2.10 bits per heavy atom. The Kier molecular flexibility index (Phi) is 5.69. The summed E-state index contributed by atoms with van der Waals surface area (Å²) in [4.78, 5) is 5.69. The highest BCUT2D eigenvalue weighted by atomic mass is 35.5. The lowest BCUT2D eigenvalue weighted by atomic mass is 10.2. The molecular formula is C23H20ClN3OS. The quantitative estimate of drug-likeness (QED) is 0.390. The maximum absolute atomic E-state index is 6.28. The van der Waals surface area contributed by atoms with Crippen molar-refractivity contribution in [3.8, 4) is 22.1 Å². The molecule has 4 aromatic rings. The van der Waals surface area contributed by atoms with E-state index >= 15 is 0 Å². The van der Waals surface area contributed by atoms with Crippen molar-refractivity contribution < 1.29 is 4.74 Å². The summed E-state index contributed by atoms with van der Waals surface area (Å²) in [5, 5.41) is 3.45. The van der Waals surface area contributed by atoms with Crippen LogP contribution in [0.1, 0.15) is 0 Å². The van der Waals surface area contributed by atoms with Gasteiger partial charge in [0.05, 0.1) is 5.69 Å². The molecule has 0 spiro atoms. The molecule has 0 amide bonds. The molecule has 0 unspecified atom stereocenters. The molecule has 4 rings (SSSR count). The number of halogens is 1. The SMILES string of the molecule is CN(C)n1c(-c2ccccc2)c(Oc2ccc(Cl)cc2)sc1=Nc1ccccc1. The lowest BCUT2D eigenvalue weighted by Crippen LogP contribution is -2.34. The summed E-state index contributed by atoms with van der Waals surface area (Å²) < 4.78 is 8.35. The van der Waals surface area contributed by atoms with Crippen molar-refractivity contribution in [1.29, 1.82) is 0 Å². The first-order valence-corrected chi connectivity index (χ1v) is 10.3. The molecule has 0 radical (unpaired) electrons. The van der Waals surface area contributed by atoms with E-state index in [1.54, 1.807) is 0 Å². The van der Waals surface area contributed by atoms with Crippen molar-refractivity contribution >= 4 is 28.6 Å². The zero-order chi connectivity index (χ0) is 20.2. The molecule has 0 aliphatic carbocycles. The van der Waals surface area contributed by atoms with Crippen molar-refractivity contribution in [1.82, 2.24) is 4.68 Å². The zero-order valence-electron chi connectivity index (χ0n) is 16.1. The first-order valence-electron chi connectivity index (χ1n) is 9.14. The molecule has 0 aliphatic heterocycles. The molecule has 4 nitrogen and oxygen atoms in total. The Morgan fingerprint density at radius 1 is 0.862 bits per heavy atom. The Balaban J connectivity index is 1.92. The molecule has 1 aromatic heterocycles. The van der Waals surface area contributed by atoms with Gasteiger partial charge in [-0.3, -0.25) is 0 Å². The lowest BCUT2D eigenvalue weighted by molar-refractivity contribution is 0.494. The summed E-state index contributed by atoms with van der Waals surface area (Å²) in [5.74, 6) is 0.727. The second-order valence-corrected chi connectivity index (χ2v) is 7.93. The number of ether oxygens (including phenoxy) is 1. The van der Waals surface area contributed by atoms with Gasteiger partial charge in [-0.05, 0) is 36.4 Å². The fourth-order valence-corrected chi connectivity index (χ4v) is 4.15. The van der Waals surface area contributed by atoms with Crippen LogP contribution in [0.3, 0.4) is 0 Å². The average molecular weight is 422 g/mol. The molecule has 0 saturated carbocycles. The molecule has 29 heavy (non-hydrogen) atoms. The molecule has 3 aromatic carbocycles. The van der Waals surface area contributed by atoms with Crippen molar-refractivity contribution in [3.63, 3.8) is 0 Å². The maximum Gasteiger partial charge on any atom is 0.213 e. The molecule has 6 heteroatoms. The molecule has 0 atom stereocenters. The first kappa shape index (κ1) is 19.3. The van der Waals surface area contributed by atoms with Gasteiger partial charge in [0.15, 0.2) is 0 Å². The van der Waals surface area contributed by atoms with Crippen LogP contribution in [0.5, 0.6) is 10.8 Å². The maximum atomic E-state index is 6.28. The molecule has 1 heterocycles. The van der Waals surface area contributed by atoms with Crippen LogP contribution in [-0.2, 0) is 0 Å². The van der Waals surface area contributed by atoms with Gasteiger partial charge in [0, 0.05) is 24.7 Å². The molecule has 0 bridgehead atoms. The zero-order valence-corrected chi connectivity index (χ0v) is 17.7. The standard InChI is InChI=1S/C23H20ClN3OS/c1-26(2)27-21(17-9-5-3-6-10-17)22(28-20-15-13-18(24)14-16-20)29-23(27)25-19-11-7-4-8-12-19/h3-16H,1-2H3. The Bertz CT molecular complexity index is 1150. The second kappa shape index (κ2) is 8.55. The predicted octanol–water partition coefficient (Wildman–Crippen LogP) is 6.09. The van der Waals surface area contributed by atoms with Crippen LogP contribution in [0.4, 0.5) is 5.69 Å². The Labute approximate surface area is 178 Å². The number of rotatable bonds is 5. The predicted molar refractivity (Wildman–Crippen MR) is 121 cm³/mol. The highest BCUT2D eigenvalue weighted by Gasteiger charge is 2.19. The van der Waals surface area contributed by atoms with Gasteiger partial charge in [0.25, 0.3) is 0 Å². The van der Waals surface area contributed by atoms with Gasteiger partial charge in [0.2, 0.25) is 9.86 Å². The topological polar surface area (TPSA) is 29.8 Å². The van der Waals surface area contributed by atoms with Gasteiger partial charge in [-0.25, -0.2) is 9.67 Å². The number of para-hydroxylation sites is 1. The monoisotopic (exact) mass is 421 g/mol. The number of aromatic nitrogens is 1. The summed E-state index contributed by atoms with van der Waals surface area (Å²) in [6.45, 7) is 0. The Hall–Kier alpha value is -3.02. The first-order chi connectivity index (χ1) is 14.1. The van der Waals surface area contributed by atoms with E-state index in [2.05, 4.69) is 16.8 Å². The third-order valence-electron chi connectivity index (χ3n) is 4.22. The number of hydrogen-bond acceptors (Lipinski definition) is 4. The van der Waals surface area contributed by atoms with Crippen molar-refractivity contribution in [2.24, 2.45) is 4.99 Å². The largest absolute Gasteiger partial charge is 0.444 e. The minimum Gasteiger partial charge on any atom is -0.444 e. The smallest absolute Gasteiger partial charge is 0.213 e. The van der Waals surface area contributed by atoms with Gasteiger partial charge in [-0.2, -0.15) is 0 Å². The number of nitrogens with zero attached hydrogens (tertiary/aromatic N) is 3. The summed E-state index contributed by atoms with van der Waals surface area (Å²) in [5.41, 5.74) is 2.89. The van der Waals surface area contributed by atoms with Crippen LogP contribution in [0.2, 0.25) is 5.02 Å². The molecule has 0 saturated heterocycles. The average Bonchev–Trinajstić information content (AvgIpc) is 3.09. The fourth-order valence-electron chi connectivity index (χ4n) is 2.93.